The molecule has 1 fully saturated rings. The molecule has 1 saturated heterocycles. The number of likely N-dealkylation sites (tertiary alicyclic amines) is 1. The predicted molar refractivity (Wildman–Crippen MR) is 101 cm³/mol. The van der Waals surface area contributed by atoms with E-state index < -0.39 is 0 Å². The van der Waals surface area contributed by atoms with E-state index in [1.807, 2.05) is 0 Å². The lowest BCUT2D eigenvalue weighted by Crippen LogP contribution is -2.44. The third kappa shape index (κ3) is 4.12. The summed E-state index contributed by atoms with van der Waals surface area (Å²) in [4.78, 5) is 22.6. The van der Waals surface area contributed by atoms with E-state index in [-0.39, 0.29) is 23.8 Å². The van der Waals surface area contributed by atoms with E-state index in [0.717, 1.165) is 18.4 Å². The maximum absolute atomic E-state index is 13.1. The second-order valence-corrected chi connectivity index (χ2v) is 6.93. The van der Waals surface area contributed by atoms with Crippen LogP contribution in [-0.4, -0.2) is 50.2 Å². The zero-order chi connectivity index (χ0) is 19.5. The summed E-state index contributed by atoms with van der Waals surface area (Å²) in [6, 6.07) is 7.87. The second kappa shape index (κ2) is 7.93. The zero-order valence-electron chi connectivity index (χ0n) is 14.8. The highest BCUT2D eigenvalue weighted by Crippen LogP contribution is 2.21. The number of aromatic amines is 1. The normalized spacial score (nSPS) is 16.8. The molecule has 9 heteroatoms. The van der Waals surface area contributed by atoms with Crippen LogP contribution in [0.5, 0.6) is 6.01 Å². The first kappa shape index (κ1) is 18.4. The molecule has 2 aromatic heterocycles. The van der Waals surface area contributed by atoms with Gasteiger partial charge in [0.05, 0.1) is 29.7 Å². The van der Waals surface area contributed by atoms with Crippen molar-refractivity contribution in [3.63, 3.8) is 0 Å². The molecular formula is C19H17ClFN5O2. The summed E-state index contributed by atoms with van der Waals surface area (Å²) >= 11 is 5.78. The van der Waals surface area contributed by atoms with Crippen molar-refractivity contribution >= 4 is 17.5 Å². The topological polar surface area (TPSA) is 84.0 Å². The first-order valence-electron chi connectivity index (χ1n) is 8.83. The van der Waals surface area contributed by atoms with Crippen molar-refractivity contribution in [2.75, 3.05) is 13.1 Å². The lowest BCUT2D eigenvalue weighted by atomic mass is 10.1. The van der Waals surface area contributed by atoms with Gasteiger partial charge in [0.2, 0.25) is 0 Å². The molecule has 144 valence electrons. The Morgan fingerprint density at radius 2 is 2.00 bits per heavy atom. The quantitative estimate of drug-likeness (QED) is 0.724. The minimum Gasteiger partial charge on any atom is -0.458 e. The molecule has 0 aliphatic carbocycles. The van der Waals surface area contributed by atoms with Crippen molar-refractivity contribution in [2.45, 2.75) is 18.9 Å². The molecule has 1 aromatic carbocycles. The fourth-order valence-corrected chi connectivity index (χ4v) is 3.20. The van der Waals surface area contributed by atoms with Gasteiger partial charge < -0.3 is 9.64 Å². The number of benzene rings is 1. The third-order valence-electron chi connectivity index (χ3n) is 4.48. The lowest BCUT2D eigenvalue weighted by Gasteiger charge is -2.32. The van der Waals surface area contributed by atoms with Gasteiger partial charge >= 0.3 is 6.01 Å². The first-order chi connectivity index (χ1) is 13.6. The standard InChI is InChI=1S/C19H17ClFN5O2/c20-13-9-22-19(23-10-13)28-15-2-1-7-26(11-15)18(27)17-8-16(24-25-17)12-3-5-14(21)6-4-12/h3-6,8-10,15H,1-2,7,11H2,(H,24,25)/t15-/m1/s1. The molecule has 0 spiro atoms. The Morgan fingerprint density at radius 1 is 1.25 bits per heavy atom. The fraction of sp³-hybridized carbons (Fsp3) is 0.263. The maximum Gasteiger partial charge on any atom is 0.316 e. The van der Waals surface area contributed by atoms with Crippen LogP contribution in [-0.2, 0) is 0 Å². The van der Waals surface area contributed by atoms with Crippen LogP contribution in [0.25, 0.3) is 11.3 Å². The number of halogens is 2. The van der Waals surface area contributed by atoms with Gasteiger partial charge in [0.1, 0.15) is 17.6 Å². The molecule has 1 atom stereocenters. The Kier molecular flexibility index (Phi) is 5.21. The number of hydrogen-bond donors (Lipinski definition) is 1. The molecule has 3 heterocycles. The summed E-state index contributed by atoms with van der Waals surface area (Å²) in [7, 11) is 0. The average Bonchev–Trinajstić information content (AvgIpc) is 3.20. The van der Waals surface area contributed by atoms with Crippen molar-refractivity contribution in [2.24, 2.45) is 0 Å². The van der Waals surface area contributed by atoms with E-state index in [4.69, 9.17) is 16.3 Å². The summed E-state index contributed by atoms with van der Waals surface area (Å²) in [5, 5.41) is 7.37. The minimum atomic E-state index is -0.320. The van der Waals surface area contributed by atoms with Gasteiger partial charge in [0.15, 0.2) is 0 Å². The fourth-order valence-electron chi connectivity index (χ4n) is 3.10. The van der Waals surface area contributed by atoms with Gasteiger partial charge in [-0.25, -0.2) is 14.4 Å². The van der Waals surface area contributed by atoms with Crippen molar-refractivity contribution < 1.29 is 13.9 Å². The number of nitrogens with zero attached hydrogens (tertiary/aromatic N) is 4. The highest BCUT2D eigenvalue weighted by atomic mass is 35.5. The molecule has 1 aliphatic rings. The molecule has 4 rings (SSSR count). The van der Waals surface area contributed by atoms with Crippen LogP contribution in [0.3, 0.4) is 0 Å². The van der Waals surface area contributed by atoms with Gasteiger partial charge in [-0.15, -0.1) is 0 Å². The van der Waals surface area contributed by atoms with E-state index >= 15 is 0 Å². The van der Waals surface area contributed by atoms with Crippen molar-refractivity contribution in [3.8, 4) is 17.3 Å². The molecule has 7 nitrogen and oxygen atoms in total. The molecule has 3 aromatic rings. The molecule has 28 heavy (non-hydrogen) atoms. The lowest BCUT2D eigenvalue weighted by molar-refractivity contribution is 0.0510. The molecule has 0 bridgehead atoms. The van der Waals surface area contributed by atoms with Crippen LogP contribution < -0.4 is 4.74 Å². The predicted octanol–water partition coefficient (Wildman–Crippen LogP) is 3.34. The molecule has 1 amide bonds. The van der Waals surface area contributed by atoms with Crippen molar-refractivity contribution in [3.05, 3.63) is 59.3 Å². The van der Waals surface area contributed by atoms with Crippen LogP contribution in [0.1, 0.15) is 23.3 Å². The number of H-pyrrole nitrogens is 1. The summed E-state index contributed by atoms with van der Waals surface area (Å²) in [5.74, 6) is -0.481. The molecule has 0 radical (unpaired) electrons. The maximum atomic E-state index is 13.1. The number of ether oxygens (including phenoxy) is 1. The van der Waals surface area contributed by atoms with E-state index in [0.29, 0.717) is 29.5 Å². The summed E-state index contributed by atoms with van der Waals surface area (Å²) < 4.78 is 18.9. The summed E-state index contributed by atoms with van der Waals surface area (Å²) in [5.41, 5.74) is 1.70. The van der Waals surface area contributed by atoms with Crippen LogP contribution in [0, 0.1) is 5.82 Å². The average molecular weight is 402 g/mol. The number of rotatable bonds is 4. The SMILES string of the molecule is O=C(c1cc(-c2ccc(F)cc2)n[nH]1)N1CCC[C@@H](Oc2ncc(Cl)cn2)C1. The van der Waals surface area contributed by atoms with Gasteiger partial charge in [-0.3, -0.25) is 9.89 Å². The smallest absolute Gasteiger partial charge is 0.316 e. The molecule has 1 aliphatic heterocycles. The van der Waals surface area contributed by atoms with Gasteiger partial charge in [0, 0.05) is 12.1 Å². The van der Waals surface area contributed by atoms with E-state index in [9.17, 15) is 9.18 Å². The number of hydrogen-bond acceptors (Lipinski definition) is 5. The van der Waals surface area contributed by atoms with E-state index in [2.05, 4.69) is 20.2 Å². The number of piperidine rings is 1. The Balaban J connectivity index is 1.43. The second-order valence-electron chi connectivity index (χ2n) is 6.49. The van der Waals surface area contributed by atoms with Gasteiger partial charge in [-0.05, 0) is 43.2 Å². The number of carbonyl (C=O) groups excluding carboxylic acids is 1. The molecule has 0 unspecified atom stereocenters. The third-order valence-corrected chi connectivity index (χ3v) is 4.68. The van der Waals surface area contributed by atoms with Crippen LogP contribution in [0.4, 0.5) is 4.39 Å². The van der Waals surface area contributed by atoms with Crippen LogP contribution >= 0.6 is 11.6 Å². The van der Waals surface area contributed by atoms with Crippen molar-refractivity contribution in [1.82, 2.24) is 25.1 Å². The van der Waals surface area contributed by atoms with Crippen LogP contribution in [0.2, 0.25) is 5.02 Å². The first-order valence-corrected chi connectivity index (χ1v) is 9.21. The Hall–Kier alpha value is -3.00. The summed E-state index contributed by atoms with van der Waals surface area (Å²) in [6.07, 6.45) is 4.36. The monoisotopic (exact) mass is 401 g/mol. The molecule has 0 saturated carbocycles. The number of nitrogens with one attached hydrogen (secondary N) is 1. The highest BCUT2D eigenvalue weighted by Gasteiger charge is 2.27. The van der Waals surface area contributed by atoms with E-state index in [1.165, 1.54) is 24.5 Å². The van der Waals surface area contributed by atoms with Gasteiger partial charge in [-0.1, -0.05) is 11.6 Å². The Labute approximate surface area is 165 Å². The van der Waals surface area contributed by atoms with Gasteiger partial charge in [-0.2, -0.15) is 5.10 Å². The summed E-state index contributed by atoms with van der Waals surface area (Å²) in [6.45, 7) is 1.06. The number of carbonyl (C=O) groups is 1. The number of amides is 1. The Morgan fingerprint density at radius 3 is 2.75 bits per heavy atom. The number of aromatic nitrogens is 4. The largest absolute Gasteiger partial charge is 0.458 e. The highest BCUT2D eigenvalue weighted by molar-refractivity contribution is 6.30. The minimum absolute atomic E-state index is 0.161. The zero-order valence-corrected chi connectivity index (χ0v) is 15.6. The van der Waals surface area contributed by atoms with Gasteiger partial charge in [0.25, 0.3) is 5.91 Å². The molecule has 1 N–H and O–H groups in total. The van der Waals surface area contributed by atoms with Crippen molar-refractivity contribution in [1.29, 1.82) is 0 Å². The van der Waals surface area contributed by atoms with E-state index in [1.54, 1.807) is 23.1 Å². The molecular weight excluding hydrogens is 385 g/mol. The van der Waals surface area contributed by atoms with Crippen LogP contribution in [0.15, 0.2) is 42.7 Å². The Bertz CT molecular complexity index is 961.